The first kappa shape index (κ1) is 17.8. The molecule has 0 aliphatic carbocycles. The Morgan fingerprint density at radius 1 is 1.17 bits per heavy atom. The van der Waals surface area contributed by atoms with Crippen molar-refractivity contribution >= 4 is 6.03 Å². The van der Waals surface area contributed by atoms with Gasteiger partial charge in [-0.1, -0.05) is 49.7 Å². The Hall–Kier alpha value is -2.56. The third-order valence-electron chi connectivity index (χ3n) is 3.89. The Kier molecular flexibility index (Phi) is 6.61. The molecule has 0 unspecified atom stereocenters. The molecule has 128 valence electrons. The predicted molar refractivity (Wildman–Crippen MR) is 95.8 cm³/mol. The van der Waals surface area contributed by atoms with Crippen molar-refractivity contribution in [3.05, 3.63) is 69.6 Å². The van der Waals surface area contributed by atoms with Crippen LogP contribution in [0.5, 0.6) is 0 Å². The number of rotatable bonds is 7. The largest absolute Gasteiger partial charge is 0.334 e. The minimum atomic E-state index is -0.201. The molecule has 1 heterocycles. The molecule has 0 spiro atoms. The number of aromatic nitrogens is 1. The van der Waals surface area contributed by atoms with Crippen LogP contribution in [0.15, 0.2) is 47.3 Å². The van der Waals surface area contributed by atoms with Gasteiger partial charge in [0.15, 0.2) is 0 Å². The number of aromatic amines is 1. The highest BCUT2D eigenvalue weighted by Gasteiger charge is 2.10. The van der Waals surface area contributed by atoms with Crippen LogP contribution >= 0.6 is 0 Å². The van der Waals surface area contributed by atoms with Gasteiger partial charge in [-0.25, -0.2) is 4.79 Å². The Bertz CT molecular complexity index is 710. The van der Waals surface area contributed by atoms with Crippen LogP contribution < -0.4 is 10.9 Å². The van der Waals surface area contributed by atoms with Gasteiger partial charge >= 0.3 is 6.03 Å². The molecule has 2 rings (SSSR count). The van der Waals surface area contributed by atoms with Crippen molar-refractivity contribution in [2.45, 2.75) is 39.3 Å². The third kappa shape index (κ3) is 5.26. The number of carbonyl (C=O) groups excluding carboxylic acids is 1. The highest BCUT2D eigenvalue weighted by molar-refractivity contribution is 5.73. The van der Waals surface area contributed by atoms with Crippen LogP contribution in [-0.4, -0.2) is 23.0 Å². The highest BCUT2D eigenvalue weighted by Crippen LogP contribution is 2.04. The van der Waals surface area contributed by atoms with Gasteiger partial charge in [0.05, 0.1) is 0 Å². The topological polar surface area (TPSA) is 65.2 Å². The lowest BCUT2D eigenvalue weighted by atomic mass is 10.1. The van der Waals surface area contributed by atoms with E-state index in [4.69, 9.17) is 0 Å². The van der Waals surface area contributed by atoms with E-state index in [0.717, 1.165) is 30.5 Å². The minimum absolute atomic E-state index is 0.130. The molecule has 0 saturated heterocycles. The Balaban J connectivity index is 1.88. The fourth-order valence-corrected chi connectivity index (χ4v) is 2.43. The molecule has 1 aromatic carbocycles. The molecule has 0 aliphatic heterocycles. The van der Waals surface area contributed by atoms with Gasteiger partial charge < -0.3 is 15.2 Å². The molecule has 5 heteroatoms. The van der Waals surface area contributed by atoms with Gasteiger partial charge in [0.25, 0.3) is 5.56 Å². The monoisotopic (exact) mass is 327 g/mol. The van der Waals surface area contributed by atoms with Crippen molar-refractivity contribution in [2.75, 3.05) is 7.05 Å². The third-order valence-corrected chi connectivity index (χ3v) is 3.89. The van der Waals surface area contributed by atoms with Crippen LogP contribution in [0.25, 0.3) is 0 Å². The number of pyridine rings is 1. The second-order valence-corrected chi connectivity index (χ2v) is 5.94. The number of carbonyl (C=O) groups is 1. The number of nitrogens with one attached hydrogen (secondary N) is 2. The molecule has 2 N–H and O–H groups in total. The van der Waals surface area contributed by atoms with Gasteiger partial charge in [-0.3, -0.25) is 4.79 Å². The van der Waals surface area contributed by atoms with Gasteiger partial charge in [-0.15, -0.1) is 0 Å². The Morgan fingerprint density at radius 2 is 1.92 bits per heavy atom. The predicted octanol–water partition coefficient (Wildman–Crippen LogP) is 3.06. The van der Waals surface area contributed by atoms with Gasteiger partial charge in [0.2, 0.25) is 0 Å². The molecule has 0 aliphatic rings. The second kappa shape index (κ2) is 8.91. The first-order chi connectivity index (χ1) is 11.6. The smallest absolute Gasteiger partial charge is 0.317 e. The minimum Gasteiger partial charge on any atom is -0.334 e. The lowest BCUT2D eigenvalue weighted by molar-refractivity contribution is 0.206. The number of unbranched alkanes of at least 4 members (excludes halogenated alkanes) is 1. The van der Waals surface area contributed by atoms with Gasteiger partial charge in [0, 0.05) is 31.4 Å². The summed E-state index contributed by atoms with van der Waals surface area (Å²) in [5.74, 6) is 0. The second-order valence-electron chi connectivity index (χ2n) is 5.94. The van der Waals surface area contributed by atoms with E-state index >= 15 is 0 Å². The maximum Gasteiger partial charge on any atom is 0.317 e. The number of hydrogen-bond donors (Lipinski definition) is 2. The van der Waals surface area contributed by atoms with Crippen molar-refractivity contribution in [2.24, 2.45) is 0 Å². The zero-order valence-corrected chi connectivity index (χ0v) is 14.3. The summed E-state index contributed by atoms with van der Waals surface area (Å²) in [5.41, 5.74) is 2.44. The van der Waals surface area contributed by atoms with Gasteiger partial charge in [0.1, 0.15) is 0 Å². The van der Waals surface area contributed by atoms with Crippen LogP contribution in [0.4, 0.5) is 4.79 Å². The van der Waals surface area contributed by atoms with E-state index in [1.54, 1.807) is 18.0 Å². The van der Waals surface area contributed by atoms with Crippen molar-refractivity contribution in [1.82, 2.24) is 15.2 Å². The molecule has 0 radical (unpaired) electrons. The van der Waals surface area contributed by atoms with Crippen LogP contribution in [0.1, 0.15) is 36.6 Å². The Morgan fingerprint density at radius 3 is 2.58 bits per heavy atom. The Labute approximate surface area is 142 Å². The average molecular weight is 327 g/mol. The quantitative estimate of drug-likeness (QED) is 0.821. The summed E-state index contributed by atoms with van der Waals surface area (Å²) in [7, 11) is 1.74. The number of amides is 2. The van der Waals surface area contributed by atoms with Gasteiger partial charge in [-0.05, 0) is 24.5 Å². The first-order valence-electron chi connectivity index (χ1n) is 8.34. The number of urea groups is 1. The zero-order valence-electron chi connectivity index (χ0n) is 14.3. The van der Waals surface area contributed by atoms with E-state index in [2.05, 4.69) is 17.2 Å². The first-order valence-corrected chi connectivity index (χ1v) is 8.34. The SMILES string of the molecule is CCCCc1ccc(CNC(=O)N(C)Cc2ccccc2)c(=O)[nH]1. The molecule has 5 nitrogen and oxygen atoms in total. The average Bonchev–Trinajstić information content (AvgIpc) is 2.59. The maximum atomic E-state index is 12.1. The summed E-state index contributed by atoms with van der Waals surface area (Å²) >= 11 is 0. The molecule has 0 fully saturated rings. The molecule has 1 aromatic heterocycles. The molecule has 0 saturated carbocycles. The van der Waals surface area contributed by atoms with Crippen molar-refractivity contribution in [3.63, 3.8) is 0 Å². The standard InChI is InChI=1S/C19H25N3O2/c1-3-4-10-17-12-11-16(18(23)21-17)13-20-19(24)22(2)14-15-8-6-5-7-9-15/h5-9,11-12H,3-4,10,13-14H2,1-2H3,(H,20,24)(H,21,23). The van der Waals surface area contributed by atoms with Crippen molar-refractivity contribution in [1.29, 1.82) is 0 Å². The van der Waals surface area contributed by atoms with Crippen LogP contribution in [0.2, 0.25) is 0 Å². The summed E-state index contributed by atoms with van der Waals surface area (Å²) < 4.78 is 0. The molecule has 2 amide bonds. The zero-order chi connectivity index (χ0) is 17.4. The molecule has 0 atom stereocenters. The molecular weight excluding hydrogens is 302 g/mol. The number of benzene rings is 1. The lowest BCUT2D eigenvalue weighted by Crippen LogP contribution is -2.37. The maximum absolute atomic E-state index is 12.1. The van der Waals surface area contributed by atoms with E-state index in [0.29, 0.717) is 12.1 Å². The van der Waals surface area contributed by atoms with Gasteiger partial charge in [-0.2, -0.15) is 0 Å². The summed E-state index contributed by atoms with van der Waals surface area (Å²) in [6.45, 7) is 2.87. The molecule has 0 bridgehead atoms. The number of hydrogen-bond acceptors (Lipinski definition) is 2. The fourth-order valence-electron chi connectivity index (χ4n) is 2.43. The van der Waals surface area contributed by atoms with Crippen LogP contribution in [-0.2, 0) is 19.5 Å². The summed E-state index contributed by atoms with van der Waals surface area (Å²) in [6.07, 6.45) is 3.02. The van der Waals surface area contributed by atoms with Crippen molar-refractivity contribution in [3.8, 4) is 0 Å². The number of nitrogens with zero attached hydrogens (tertiary/aromatic N) is 1. The van der Waals surface area contributed by atoms with E-state index < -0.39 is 0 Å². The molecular formula is C19H25N3O2. The van der Waals surface area contributed by atoms with E-state index in [1.807, 2.05) is 36.4 Å². The molecule has 24 heavy (non-hydrogen) atoms. The van der Waals surface area contributed by atoms with E-state index in [-0.39, 0.29) is 18.1 Å². The number of H-pyrrole nitrogens is 1. The summed E-state index contributed by atoms with van der Waals surface area (Å²) in [4.78, 5) is 28.7. The number of aryl methyl sites for hydroxylation is 1. The highest BCUT2D eigenvalue weighted by atomic mass is 16.2. The fraction of sp³-hybridized carbons (Fsp3) is 0.368. The lowest BCUT2D eigenvalue weighted by Gasteiger charge is -2.18. The molecule has 2 aromatic rings. The van der Waals surface area contributed by atoms with Crippen LogP contribution in [0, 0.1) is 0 Å². The van der Waals surface area contributed by atoms with E-state index in [9.17, 15) is 9.59 Å². The normalized spacial score (nSPS) is 10.4. The van der Waals surface area contributed by atoms with Crippen LogP contribution in [0.3, 0.4) is 0 Å². The summed E-state index contributed by atoms with van der Waals surface area (Å²) in [5, 5.41) is 2.79. The summed E-state index contributed by atoms with van der Waals surface area (Å²) in [6, 6.07) is 13.3. The van der Waals surface area contributed by atoms with E-state index in [1.165, 1.54) is 0 Å². The van der Waals surface area contributed by atoms with Crippen molar-refractivity contribution < 1.29 is 4.79 Å².